The summed E-state index contributed by atoms with van der Waals surface area (Å²) in [5, 5.41) is 3.73. The number of hydrogen-bond donors (Lipinski definition) is 1. The highest BCUT2D eigenvalue weighted by Gasteiger charge is 2.37. The van der Waals surface area contributed by atoms with E-state index in [-0.39, 0.29) is 0 Å². The molecule has 0 saturated heterocycles. The molecule has 1 N–H and O–H groups in total. The Balaban J connectivity index is 1.27. The van der Waals surface area contributed by atoms with Crippen LogP contribution in [0, 0.1) is 5.41 Å². The van der Waals surface area contributed by atoms with Crippen molar-refractivity contribution in [3.8, 4) is 5.75 Å². The predicted octanol–water partition coefficient (Wildman–Crippen LogP) is 4.55. The van der Waals surface area contributed by atoms with Crippen molar-refractivity contribution in [3.05, 3.63) is 30.3 Å². The monoisotopic (exact) mass is 287 g/mol. The van der Waals surface area contributed by atoms with Gasteiger partial charge in [0, 0.05) is 6.04 Å². The molecule has 1 spiro atoms. The number of hydrogen-bond acceptors (Lipinski definition) is 2. The van der Waals surface area contributed by atoms with Crippen LogP contribution in [-0.2, 0) is 0 Å². The fourth-order valence-electron chi connectivity index (χ4n) is 4.14. The Morgan fingerprint density at radius 3 is 2.43 bits per heavy atom. The third-order valence-corrected chi connectivity index (χ3v) is 5.48. The molecule has 2 fully saturated rings. The molecule has 1 aromatic rings. The first-order chi connectivity index (χ1) is 10.4. The number of benzene rings is 1. The van der Waals surface area contributed by atoms with Gasteiger partial charge < -0.3 is 10.1 Å². The van der Waals surface area contributed by atoms with Crippen molar-refractivity contribution in [2.75, 3.05) is 13.2 Å². The quantitative estimate of drug-likeness (QED) is 0.775. The molecule has 0 radical (unpaired) electrons. The second kappa shape index (κ2) is 7.31. The van der Waals surface area contributed by atoms with Crippen molar-refractivity contribution >= 4 is 0 Å². The van der Waals surface area contributed by atoms with Crippen molar-refractivity contribution < 1.29 is 4.74 Å². The fourth-order valence-corrected chi connectivity index (χ4v) is 4.14. The first-order valence-corrected chi connectivity index (χ1v) is 8.78. The van der Waals surface area contributed by atoms with Gasteiger partial charge in [0.1, 0.15) is 5.75 Å². The number of para-hydroxylation sites is 1. The molecule has 2 nitrogen and oxygen atoms in total. The highest BCUT2D eigenvalue weighted by Crippen LogP contribution is 2.48. The van der Waals surface area contributed by atoms with Crippen LogP contribution in [0.2, 0.25) is 0 Å². The third-order valence-electron chi connectivity index (χ3n) is 5.48. The Labute approximate surface area is 129 Å². The van der Waals surface area contributed by atoms with Crippen molar-refractivity contribution in [1.29, 1.82) is 0 Å². The Kier molecular flexibility index (Phi) is 5.18. The molecule has 0 heterocycles. The molecule has 2 aliphatic carbocycles. The molecule has 2 heteroatoms. The molecule has 1 aromatic carbocycles. The van der Waals surface area contributed by atoms with Gasteiger partial charge in [-0.25, -0.2) is 0 Å². The summed E-state index contributed by atoms with van der Waals surface area (Å²) in [6.45, 7) is 1.90. The molecule has 0 unspecified atom stereocenters. The molecule has 0 aromatic heterocycles. The van der Waals surface area contributed by atoms with Gasteiger partial charge in [0.05, 0.1) is 6.61 Å². The van der Waals surface area contributed by atoms with Crippen LogP contribution in [0.1, 0.15) is 57.8 Å². The van der Waals surface area contributed by atoms with E-state index in [0.717, 1.165) is 36.8 Å². The smallest absolute Gasteiger partial charge is 0.119 e. The maximum Gasteiger partial charge on any atom is 0.119 e. The van der Waals surface area contributed by atoms with Crippen molar-refractivity contribution in [1.82, 2.24) is 5.32 Å². The van der Waals surface area contributed by atoms with Crippen molar-refractivity contribution in [3.63, 3.8) is 0 Å². The zero-order valence-electron chi connectivity index (χ0n) is 13.2. The van der Waals surface area contributed by atoms with Gasteiger partial charge in [-0.1, -0.05) is 31.0 Å². The van der Waals surface area contributed by atoms with Gasteiger partial charge in [-0.3, -0.25) is 0 Å². The van der Waals surface area contributed by atoms with Crippen molar-refractivity contribution in [2.24, 2.45) is 5.41 Å². The van der Waals surface area contributed by atoms with Crippen LogP contribution in [0.3, 0.4) is 0 Å². The number of ether oxygens (including phenoxy) is 1. The van der Waals surface area contributed by atoms with E-state index < -0.39 is 0 Å². The highest BCUT2D eigenvalue weighted by atomic mass is 16.5. The number of rotatable bonds is 6. The lowest BCUT2D eigenvalue weighted by molar-refractivity contribution is 0.167. The minimum absolute atomic E-state index is 0.757. The molecule has 3 rings (SSSR count). The van der Waals surface area contributed by atoms with Gasteiger partial charge in [0.25, 0.3) is 0 Å². The average molecular weight is 287 g/mol. The zero-order chi connectivity index (χ0) is 14.4. The fraction of sp³-hybridized carbons (Fsp3) is 0.684. The van der Waals surface area contributed by atoms with Crippen LogP contribution in [0.25, 0.3) is 0 Å². The molecule has 0 bridgehead atoms. The summed E-state index contributed by atoms with van der Waals surface area (Å²) < 4.78 is 5.73. The van der Waals surface area contributed by atoms with E-state index in [1.807, 2.05) is 30.3 Å². The van der Waals surface area contributed by atoms with Gasteiger partial charge in [-0.15, -0.1) is 0 Å². The summed E-state index contributed by atoms with van der Waals surface area (Å²) >= 11 is 0. The molecular weight excluding hydrogens is 258 g/mol. The summed E-state index contributed by atoms with van der Waals surface area (Å²) in [6.07, 6.45) is 12.8. The molecular formula is C19H29NO. The van der Waals surface area contributed by atoms with Crippen LogP contribution in [0.4, 0.5) is 0 Å². The highest BCUT2D eigenvalue weighted by molar-refractivity contribution is 5.20. The SMILES string of the molecule is c1ccc(OCCCNC2CCC3(CCCC3)CC2)cc1. The van der Waals surface area contributed by atoms with E-state index in [0.29, 0.717) is 0 Å². The van der Waals surface area contributed by atoms with Gasteiger partial charge in [-0.05, 0) is 69.0 Å². The normalized spacial score (nSPS) is 21.7. The maximum atomic E-state index is 5.73. The molecule has 116 valence electrons. The van der Waals surface area contributed by atoms with Crippen LogP contribution >= 0.6 is 0 Å². The topological polar surface area (TPSA) is 21.3 Å². The molecule has 0 aliphatic heterocycles. The van der Waals surface area contributed by atoms with E-state index in [2.05, 4.69) is 5.32 Å². The second-order valence-electron chi connectivity index (χ2n) is 6.95. The lowest BCUT2D eigenvalue weighted by Gasteiger charge is -2.37. The van der Waals surface area contributed by atoms with Crippen LogP contribution in [-0.4, -0.2) is 19.2 Å². The molecule has 2 aliphatic rings. The van der Waals surface area contributed by atoms with E-state index in [9.17, 15) is 0 Å². The van der Waals surface area contributed by atoms with E-state index in [4.69, 9.17) is 4.74 Å². The lowest BCUT2D eigenvalue weighted by atomic mass is 9.71. The van der Waals surface area contributed by atoms with E-state index >= 15 is 0 Å². The predicted molar refractivity (Wildman–Crippen MR) is 87.7 cm³/mol. The average Bonchev–Trinajstić information content (AvgIpc) is 2.98. The third kappa shape index (κ3) is 4.23. The van der Waals surface area contributed by atoms with Crippen LogP contribution in [0.15, 0.2) is 30.3 Å². The van der Waals surface area contributed by atoms with Crippen LogP contribution < -0.4 is 10.1 Å². The largest absolute Gasteiger partial charge is 0.494 e. The Hall–Kier alpha value is -1.02. The lowest BCUT2D eigenvalue weighted by Crippen LogP contribution is -2.37. The van der Waals surface area contributed by atoms with Crippen LogP contribution in [0.5, 0.6) is 5.75 Å². The van der Waals surface area contributed by atoms with Gasteiger partial charge in [0.2, 0.25) is 0 Å². The Morgan fingerprint density at radius 1 is 1.00 bits per heavy atom. The first-order valence-electron chi connectivity index (χ1n) is 8.78. The van der Waals surface area contributed by atoms with E-state index in [1.165, 1.54) is 51.4 Å². The maximum absolute atomic E-state index is 5.73. The molecule has 0 atom stereocenters. The van der Waals surface area contributed by atoms with Gasteiger partial charge >= 0.3 is 0 Å². The summed E-state index contributed by atoms with van der Waals surface area (Å²) in [6, 6.07) is 10.9. The summed E-state index contributed by atoms with van der Waals surface area (Å²) in [7, 11) is 0. The zero-order valence-corrected chi connectivity index (χ0v) is 13.2. The van der Waals surface area contributed by atoms with E-state index in [1.54, 1.807) is 0 Å². The number of nitrogens with one attached hydrogen (secondary N) is 1. The Morgan fingerprint density at radius 2 is 1.71 bits per heavy atom. The van der Waals surface area contributed by atoms with Gasteiger partial charge in [-0.2, -0.15) is 0 Å². The standard InChI is InChI=1S/C19H29NO/c1-2-7-18(8-3-1)21-16-6-15-20-17-9-13-19(14-10-17)11-4-5-12-19/h1-3,7-8,17,20H,4-6,9-16H2. The first kappa shape index (κ1) is 14.9. The molecule has 0 amide bonds. The minimum atomic E-state index is 0.757. The Bertz CT molecular complexity index is 401. The van der Waals surface area contributed by atoms with Gasteiger partial charge in [0.15, 0.2) is 0 Å². The summed E-state index contributed by atoms with van der Waals surface area (Å²) in [5.41, 5.74) is 0.759. The summed E-state index contributed by atoms with van der Waals surface area (Å²) in [5.74, 6) is 0.985. The molecule has 21 heavy (non-hydrogen) atoms. The second-order valence-corrected chi connectivity index (χ2v) is 6.95. The summed E-state index contributed by atoms with van der Waals surface area (Å²) in [4.78, 5) is 0. The van der Waals surface area contributed by atoms with Crippen molar-refractivity contribution in [2.45, 2.75) is 63.8 Å². The minimum Gasteiger partial charge on any atom is -0.494 e. The molecule has 2 saturated carbocycles.